The van der Waals surface area contributed by atoms with E-state index < -0.39 is 12.9 Å². The summed E-state index contributed by atoms with van der Waals surface area (Å²) < 4.78 is 12.1. The highest BCUT2D eigenvalue weighted by atomic mass is 31.2. The molecule has 0 aliphatic rings. The summed E-state index contributed by atoms with van der Waals surface area (Å²) in [6.45, 7) is 2.31. The lowest BCUT2D eigenvalue weighted by Gasteiger charge is -2.35. The van der Waals surface area contributed by atoms with Crippen LogP contribution in [0.25, 0.3) is 0 Å². The number of hydrogen-bond donors (Lipinski definition) is 3. The van der Waals surface area contributed by atoms with Gasteiger partial charge in [0, 0.05) is 0 Å². The van der Waals surface area contributed by atoms with E-state index in [0.717, 1.165) is 25.7 Å². The molecular weight excluding hydrogens is 445 g/mol. The maximum absolute atomic E-state index is 11.8. The third-order valence-corrected chi connectivity index (χ3v) is 7.72. The van der Waals surface area contributed by atoms with Gasteiger partial charge in [-0.3, -0.25) is 4.57 Å². The van der Waals surface area contributed by atoms with Crippen LogP contribution in [0.1, 0.15) is 122 Å². The van der Waals surface area contributed by atoms with Gasteiger partial charge in [-0.25, -0.2) is 0 Å². The fraction of sp³-hybridized carbons (Fsp3) is 0.857. The number of unbranched alkanes of at least 4 members (excludes halogenated alkanes) is 14. The molecule has 0 bridgehead atoms. The Labute approximate surface area is 211 Å². The molecule has 0 saturated carbocycles. The normalized spacial score (nSPS) is 14.9. The van der Waals surface area contributed by atoms with Gasteiger partial charge in [-0.1, -0.05) is 82.6 Å². The smallest absolute Gasteiger partial charge is 0.362 e. The van der Waals surface area contributed by atoms with Crippen LogP contribution >= 0.6 is 7.60 Å². The highest BCUT2D eigenvalue weighted by Crippen LogP contribution is 2.52. The molecule has 0 aromatic heterocycles. The second-order valence-corrected chi connectivity index (χ2v) is 13.0. The van der Waals surface area contributed by atoms with Crippen molar-refractivity contribution in [1.82, 2.24) is 0 Å². The molecule has 202 valence electrons. The molecule has 0 spiro atoms. The van der Waals surface area contributed by atoms with Crippen molar-refractivity contribution in [2.24, 2.45) is 0 Å². The first-order chi connectivity index (χ1) is 16.0. The van der Waals surface area contributed by atoms with Crippen molar-refractivity contribution in [1.29, 1.82) is 0 Å². The largest absolute Gasteiger partial charge is 0.373 e. The predicted molar refractivity (Wildman–Crippen MR) is 147 cm³/mol. The van der Waals surface area contributed by atoms with Gasteiger partial charge in [-0.15, -0.1) is 0 Å². The fourth-order valence-electron chi connectivity index (χ4n) is 4.32. The van der Waals surface area contributed by atoms with Gasteiger partial charge >= 0.3 is 7.60 Å². The Morgan fingerprint density at radius 1 is 0.647 bits per heavy atom. The Balaban J connectivity index is 3.61. The Morgan fingerprint density at radius 2 is 1.00 bits per heavy atom. The number of hydrogen-bond acceptors (Lipinski definition) is 2. The molecule has 3 N–H and O–H groups in total. The van der Waals surface area contributed by atoms with Crippen molar-refractivity contribution in [3.63, 3.8) is 0 Å². The van der Waals surface area contributed by atoms with Crippen molar-refractivity contribution < 1.29 is 23.9 Å². The fourth-order valence-corrected chi connectivity index (χ4v) is 5.37. The summed E-state index contributed by atoms with van der Waals surface area (Å²) in [5.74, 6) is 0. The van der Waals surface area contributed by atoms with Gasteiger partial charge in [0.15, 0.2) is 0 Å². The van der Waals surface area contributed by atoms with Crippen molar-refractivity contribution >= 4 is 7.60 Å². The monoisotopic (exact) mass is 502 g/mol. The first-order valence-corrected chi connectivity index (χ1v) is 15.5. The average Bonchev–Trinajstić information content (AvgIpc) is 2.73. The standard InChI is InChI=1S/C28H56NO4P/c1-5-6-7-8-9-10-11-12-13-14-15-16-17-18-19-20-21-22-23-24-25-26-28(30,34(31,32)33)27-29(2,3)4/h10-11,20-21,30H,5-9,12-19,22-27H2,1-4H3,(H-,31,32,33)/p+1/b11-10-,21-20-. The maximum Gasteiger partial charge on any atom is 0.362 e. The van der Waals surface area contributed by atoms with Gasteiger partial charge < -0.3 is 19.4 Å². The number of likely N-dealkylation sites (N-methyl/N-ethyl adjacent to an activating group) is 1. The van der Waals surface area contributed by atoms with Crippen LogP contribution < -0.4 is 0 Å². The quantitative estimate of drug-likeness (QED) is 0.0578. The van der Waals surface area contributed by atoms with Gasteiger partial charge in [-0.05, 0) is 64.2 Å². The van der Waals surface area contributed by atoms with E-state index in [0.29, 0.717) is 10.9 Å². The molecule has 0 aliphatic heterocycles. The highest BCUT2D eigenvalue weighted by Gasteiger charge is 2.48. The van der Waals surface area contributed by atoms with Crippen LogP contribution in [0.15, 0.2) is 24.3 Å². The molecule has 0 saturated heterocycles. The maximum atomic E-state index is 11.8. The average molecular weight is 503 g/mol. The Hall–Kier alpha value is -0.450. The SMILES string of the molecule is CCCCCC/C=C\CCCCCCCC/C=C\CCCCCC(O)(C[N+](C)(C)C)P(=O)(O)O. The van der Waals surface area contributed by atoms with Gasteiger partial charge in [0.2, 0.25) is 5.34 Å². The number of nitrogens with zero attached hydrogens (tertiary/aromatic N) is 1. The van der Waals surface area contributed by atoms with E-state index >= 15 is 0 Å². The molecule has 0 aliphatic carbocycles. The molecule has 0 aromatic carbocycles. The van der Waals surface area contributed by atoms with Crippen LogP contribution in [0, 0.1) is 0 Å². The molecular formula is C28H57NO4P+. The van der Waals surface area contributed by atoms with Crippen molar-refractivity contribution in [3.8, 4) is 0 Å². The summed E-state index contributed by atoms with van der Waals surface area (Å²) in [6.07, 6.45) is 29.9. The summed E-state index contributed by atoms with van der Waals surface area (Å²) in [7, 11) is 0.946. The van der Waals surface area contributed by atoms with Crippen LogP contribution in [0.3, 0.4) is 0 Å². The van der Waals surface area contributed by atoms with Crippen LogP contribution in [-0.2, 0) is 4.57 Å². The summed E-state index contributed by atoms with van der Waals surface area (Å²) in [5, 5.41) is 8.62. The van der Waals surface area contributed by atoms with Crippen LogP contribution in [-0.4, -0.2) is 52.4 Å². The second kappa shape index (κ2) is 19.7. The van der Waals surface area contributed by atoms with E-state index in [4.69, 9.17) is 0 Å². The van der Waals surface area contributed by atoms with E-state index in [1.165, 1.54) is 77.0 Å². The van der Waals surface area contributed by atoms with E-state index in [1.807, 2.05) is 21.1 Å². The molecule has 0 rings (SSSR count). The molecule has 1 unspecified atom stereocenters. The number of rotatable bonds is 23. The third kappa shape index (κ3) is 19.8. The molecule has 34 heavy (non-hydrogen) atoms. The molecule has 5 nitrogen and oxygen atoms in total. The van der Waals surface area contributed by atoms with Gasteiger partial charge in [-0.2, -0.15) is 0 Å². The summed E-state index contributed by atoms with van der Waals surface area (Å²) >= 11 is 0. The van der Waals surface area contributed by atoms with Crippen molar-refractivity contribution in [2.45, 2.75) is 128 Å². The van der Waals surface area contributed by atoms with Crippen LogP contribution in [0.4, 0.5) is 0 Å². The zero-order valence-electron chi connectivity index (χ0n) is 22.9. The molecule has 0 fully saturated rings. The minimum atomic E-state index is -4.56. The van der Waals surface area contributed by atoms with E-state index in [1.54, 1.807) is 0 Å². The van der Waals surface area contributed by atoms with Crippen molar-refractivity contribution in [3.05, 3.63) is 24.3 Å². The molecule has 0 aromatic rings. The topological polar surface area (TPSA) is 77.8 Å². The first-order valence-electron chi connectivity index (χ1n) is 13.9. The van der Waals surface area contributed by atoms with Crippen molar-refractivity contribution in [2.75, 3.05) is 27.7 Å². The van der Waals surface area contributed by atoms with Crippen LogP contribution in [0.2, 0.25) is 0 Å². The molecule has 0 amide bonds. The Morgan fingerprint density at radius 3 is 1.35 bits per heavy atom. The summed E-state index contributed by atoms with van der Waals surface area (Å²) in [5.41, 5.74) is 0. The third-order valence-electron chi connectivity index (χ3n) is 6.27. The predicted octanol–water partition coefficient (Wildman–Crippen LogP) is 7.71. The Bertz CT molecular complexity index is 579. The first kappa shape index (κ1) is 33.5. The van der Waals surface area contributed by atoms with Gasteiger partial charge in [0.1, 0.15) is 6.54 Å². The van der Waals surface area contributed by atoms with Gasteiger partial charge in [0.05, 0.1) is 21.1 Å². The lowest BCUT2D eigenvalue weighted by Crippen LogP contribution is -2.49. The zero-order valence-corrected chi connectivity index (χ0v) is 23.8. The molecule has 6 heteroatoms. The molecule has 1 atom stereocenters. The summed E-state index contributed by atoms with van der Waals surface area (Å²) in [6, 6.07) is 0. The van der Waals surface area contributed by atoms with Crippen LogP contribution in [0.5, 0.6) is 0 Å². The van der Waals surface area contributed by atoms with E-state index in [-0.39, 0.29) is 13.0 Å². The van der Waals surface area contributed by atoms with E-state index in [9.17, 15) is 19.5 Å². The lowest BCUT2D eigenvalue weighted by molar-refractivity contribution is -0.875. The van der Waals surface area contributed by atoms with E-state index in [2.05, 4.69) is 31.2 Å². The molecule has 0 heterocycles. The number of quaternary nitrogens is 1. The number of aliphatic hydroxyl groups is 1. The van der Waals surface area contributed by atoms with Gasteiger partial charge in [0.25, 0.3) is 0 Å². The minimum absolute atomic E-state index is 0.0490. The minimum Gasteiger partial charge on any atom is -0.373 e. The summed E-state index contributed by atoms with van der Waals surface area (Å²) in [4.78, 5) is 19.2. The lowest BCUT2D eigenvalue weighted by atomic mass is 10.1. The second-order valence-electron chi connectivity index (χ2n) is 11.1. The zero-order chi connectivity index (χ0) is 25.8. The Kier molecular flexibility index (Phi) is 19.4. The molecule has 0 radical (unpaired) electrons. The highest BCUT2D eigenvalue weighted by molar-refractivity contribution is 7.53. The number of allylic oxidation sites excluding steroid dienone is 4.